The van der Waals surface area contributed by atoms with Crippen LogP contribution in [0.25, 0.3) is 11.3 Å². The highest BCUT2D eigenvalue weighted by atomic mass is 16.5. The van der Waals surface area contributed by atoms with Crippen molar-refractivity contribution in [3.8, 4) is 17.0 Å². The van der Waals surface area contributed by atoms with Crippen LogP contribution in [-0.4, -0.2) is 16.8 Å². The predicted molar refractivity (Wildman–Crippen MR) is 63.1 cm³/mol. The van der Waals surface area contributed by atoms with Gasteiger partial charge in [0.05, 0.1) is 12.3 Å². The smallest absolute Gasteiger partial charge is 0.119 e. The van der Waals surface area contributed by atoms with Crippen LogP contribution in [0.15, 0.2) is 30.3 Å². The molecule has 0 spiro atoms. The molecule has 0 unspecified atom stereocenters. The van der Waals surface area contributed by atoms with Crippen molar-refractivity contribution in [1.82, 2.24) is 10.2 Å². The minimum Gasteiger partial charge on any atom is -0.494 e. The molecule has 0 aliphatic heterocycles. The molecule has 1 heterocycles. The van der Waals surface area contributed by atoms with E-state index in [-0.39, 0.29) is 0 Å². The highest BCUT2D eigenvalue weighted by Crippen LogP contribution is 2.21. The summed E-state index contributed by atoms with van der Waals surface area (Å²) in [6.45, 7) is 3.12. The molecule has 0 aliphatic rings. The molecule has 0 saturated carbocycles. The lowest BCUT2D eigenvalue weighted by molar-refractivity contribution is 0.340. The Morgan fingerprint density at radius 3 is 2.62 bits per heavy atom. The van der Waals surface area contributed by atoms with Gasteiger partial charge in [-0.2, -0.15) is 5.10 Å². The third kappa shape index (κ3) is 2.23. The highest BCUT2D eigenvalue weighted by molar-refractivity contribution is 5.60. The van der Waals surface area contributed by atoms with Gasteiger partial charge in [0.25, 0.3) is 0 Å². The van der Waals surface area contributed by atoms with Gasteiger partial charge < -0.3 is 10.5 Å². The van der Waals surface area contributed by atoms with E-state index in [1.165, 1.54) is 0 Å². The fourth-order valence-corrected chi connectivity index (χ4v) is 1.50. The predicted octanol–water partition coefficient (Wildman–Crippen LogP) is 1.93. The van der Waals surface area contributed by atoms with E-state index in [1.807, 2.05) is 37.3 Å². The molecule has 1 aromatic heterocycles. The van der Waals surface area contributed by atoms with Crippen LogP contribution in [0.3, 0.4) is 0 Å². The van der Waals surface area contributed by atoms with Crippen molar-refractivity contribution in [2.24, 2.45) is 5.73 Å². The second kappa shape index (κ2) is 4.81. The van der Waals surface area contributed by atoms with Crippen LogP contribution < -0.4 is 10.5 Å². The van der Waals surface area contributed by atoms with Crippen LogP contribution in [0.2, 0.25) is 0 Å². The van der Waals surface area contributed by atoms with Crippen molar-refractivity contribution in [2.75, 3.05) is 6.61 Å². The SMILES string of the molecule is CCOc1ccc(-c2cc(CN)[nH]n2)cc1. The average Bonchev–Trinajstić information content (AvgIpc) is 2.79. The molecule has 2 rings (SSSR count). The van der Waals surface area contributed by atoms with E-state index >= 15 is 0 Å². The lowest BCUT2D eigenvalue weighted by atomic mass is 10.1. The quantitative estimate of drug-likeness (QED) is 0.822. The molecule has 16 heavy (non-hydrogen) atoms. The number of benzene rings is 1. The number of nitrogens with one attached hydrogen (secondary N) is 1. The van der Waals surface area contributed by atoms with E-state index in [9.17, 15) is 0 Å². The van der Waals surface area contributed by atoms with E-state index in [0.29, 0.717) is 13.2 Å². The molecule has 0 aliphatic carbocycles. The van der Waals surface area contributed by atoms with Gasteiger partial charge in [0.15, 0.2) is 0 Å². The molecule has 1 aromatic carbocycles. The maximum atomic E-state index is 5.51. The number of H-pyrrole nitrogens is 1. The molecule has 0 amide bonds. The van der Waals surface area contributed by atoms with Gasteiger partial charge >= 0.3 is 0 Å². The molecule has 3 N–H and O–H groups in total. The Kier molecular flexibility index (Phi) is 3.22. The molecule has 84 valence electrons. The monoisotopic (exact) mass is 217 g/mol. The first-order valence-corrected chi connectivity index (χ1v) is 5.31. The van der Waals surface area contributed by atoms with E-state index in [1.54, 1.807) is 0 Å². The molecule has 0 radical (unpaired) electrons. The first-order chi connectivity index (χ1) is 7.83. The van der Waals surface area contributed by atoms with Gasteiger partial charge in [-0.3, -0.25) is 5.10 Å². The Morgan fingerprint density at radius 2 is 2.06 bits per heavy atom. The molecule has 4 nitrogen and oxygen atoms in total. The molecule has 4 heteroatoms. The van der Waals surface area contributed by atoms with Crippen molar-refractivity contribution in [3.63, 3.8) is 0 Å². The summed E-state index contributed by atoms with van der Waals surface area (Å²) in [5.41, 5.74) is 8.41. The number of aromatic amines is 1. The van der Waals surface area contributed by atoms with Crippen molar-refractivity contribution >= 4 is 0 Å². The van der Waals surface area contributed by atoms with Crippen molar-refractivity contribution in [1.29, 1.82) is 0 Å². The molecular formula is C12H15N3O. The number of hydrogen-bond acceptors (Lipinski definition) is 3. The first-order valence-electron chi connectivity index (χ1n) is 5.31. The van der Waals surface area contributed by atoms with Crippen molar-refractivity contribution in [3.05, 3.63) is 36.0 Å². The summed E-state index contributed by atoms with van der Waals surface area (Å²) in [4.78, 5) is 0. The summed E-state index contributed by atoms with van der Waals surface area (Å²) in [6.07, 6.45) is 0. The van der Waals surface area contributed by atoms with E-state index < -0.39 is 0 Å². The second-order valence-corrected chi connectivity index (χ2v) is 3.44. The number of hydrogen-bond donors (Lipinski definition) is 2. The third-order valence-corrected chi connectivity index (χ3v) is 2.31. The molecule has 0 saturated heterocycles. The van der Waals surface area contributed by atoms with Gasteiger partial charge in [-0.05, 0) is 37.3 Å². The average molecular weight is 217 g/mol. The third-order valence-electron chi connectivity index (χ3n) is 2.31. The summed E-state index contributed by atoms with van der Waals surface area (Å²) in [5.74, 6) is 0.876. The Morgan fingerprint density at radius 1 is 1.31 bits per heavy atom. The Balaban J connectivity index is 2.20. The lowest BCUT2D eigenvalue weighted by Gasteiger charge is -2.02. The normalized spacial score (nSPS) is 10.4. The van der Waals surface area contributed by atoms with Gasteiger partial charge in [0.2, 0.25) is 0 Å². The highest BCUT2D eigenvalue weighted by Gasteiger charge is 2.02. The minimum absolute atomic E-state index is 0.476. The fraction of sp³-hybridized carbons (Fsp3) is 0.250. The van der Waals surface area contributed by atoms with Crippen LogP contribution in [0.1, 0.15) is 12.6 Å². The first kappa shape index (κ1) is 10.7. The zero-order valence-corrected chi connectivity index (χ0v) is 9.23. The van der Waals surface area contributed by atoms with Crippen molar-refractivity contribution in [2.45, 2.75) is 13.5 Å². The summed E-state index contributed by atoms with van der Waals surface area (Å²) in [5, 5.41) is 7.07. The van der Waals surface area contributed by atoms with Crippen LogP contribution in [0.5, 0.6) is 5.75 Å². The molecule has 0 atom stereocenters. The maximum Gasteiger partial charge on any atom is 0.119 e. The molecule has 0 bridgehead atoms. The number of aromatic nitrogens is 2. The van der Waals surface area contributed by atoms with Gasteiger partial charge in [-0.15, -0.1) is 0 Å². The van der Waals surface area contributed by atoms with Crippen LogP contribution >= 0.6 is 0 Å². The van der Waals surface area contributed by atoms with Crippen molar-refractivity contribution < 1.29 is 4.74 Å². The summed E-state index contributed by atoms with van der Waals surface area (Å²) in [6, 6.07) is 9.81. The Bertz CT molecular complexity index is 448. The topological polar surface area (TPSA) is 63.9 Å². The van der Waals surface area contributed by atoms with Crippen LogP contribution in [0, 0.1) is 0 Å². The Hall–Kier alpha value is -1.81. The van der Waals surface area contributed by atoms with E-state index in [4.69, 9.17) is 10.5 Å². The van der Waals surface area contributed by atoms with E-state index in [0.717, 1.165) is 22.7 Å². The number of nitrogens with zero attached hydrogens (tertiary/aromatic N) is 1. The fourth-order valence-electron chi connectivity index (χ4n) is 1.50. The summed E-state index contributed by atoms with van der Waals surface area (Å²) < 4.78 is 5.37. The molecule has 2 aromatic rings. The number of ether oxygens (including phenoxy) is 1. The minimum atomic E-state index is 0.476. The summed E-state index contributed by atoms with van der Waals surface area (Å²) in [7, 11) is 0. The molecular weight excluding hydrogens is 202 g/mol. The van der Waals surface area contributed by atoms with Crippen LogP contribution in [-0.2, 0) is 6.54 Å². The van der Waals surface area contributed by atoms with E-state index in [2.05, 4.69) is 10.2 Å². The Labute approximate surface area is 94.4 Å². The number of rotatable bonds is 4. The lowest BCUT2D eigenvalue weighted by Crippen LogP contribution is -1.95. The van der Waals surface area contributed by atoms with Gasteiger partial charge in [-0.1, -0.05) is 0 Å². The zero-order valence-electron chi connectivity index (χ0n) is 9.23. The maximum absolute atomic E-state index is 5.51. The van der Waals surface area contributed by atoms with Gasteiger partial charge in [0.1, 0.15) is 5.75 Å². The largest absolute Gasteiger partial charge is 0.494 e. The summed E-state index contributed by atoms with van der Waals surface area (Å²) >= 11 is 0. The molecule has 0 fully saturated rings. The van der Waals surface area contributed by atoms with Crippen LogP contribution in [0.4, 0.5) is 0 Å². The number of nitrogens with two attached hydrogens (primary N) is 1. The zero-order chi connectivity index (χ0) is 11.4. The standard InChI is InChI=1S/C12H15N3O/c1-2-16-11-5-3-9(4-6-11)12-7-10(8-13)14-15-12/h3-7H,2,8,13H2,1H3,(H,14,15). The van der Waals surface area contributed by atoms with Gasteiger partial charge in [0, 0.05) is 17.8 Å². The van der Waals surface area contributed by atoms with Gasteiger partial charge in [-0.25, -0.2) is 0 Å². The second-order valence-electron chi connectivity index (χ2n) is 3.44.